The largest absolute Gasteiger partial charge is 0.252 e. The van der Waals surface area contributed by atoms with Crippen molar-refractivity contribution in [3.63, 3.8) is 0 Å². The third-order valence-electron chi connectivity index (χ3n) is 3.41. The van der Waals surface area contributed by atoms with Crippen molar-refractivity contribution in [2.24, 2.45) is 0 Å². The van der Waals surface area contributed by atoms with Gasteiger partial charge in [0.1, 0.15) is 0 Å². The van der Waals surface area contributed by atoms with Gasteiger partial charge in [-0.3, -0.25) is 5.26 Å². The second kappa shape index (κ2) is 14.0. The van der Waals surface area contributed by atoms with Crippen molar-refractivity contribution in [3.05, 3.63) is 0 Å². The number of hydrogen-bond acceptors (Lipinski definition) is 2. The summed E-state index contributed by atoms with van der Waals surface area (Å²) in [7, 11) is 0. The van der Waals surface area contributed by atoms with E-state index in [1.807, 2.05) is 0 Å². The molecule has 1 N–H and O–H groups in total. The van der Waals surface area contributed by atoms with Gasteiger partial charge in [0, 0.05) is 0 Å². The van der Waals surface area contributed by atoms with Gasteiger partial charge >= 0.3 is 0 Å². The zero-order valence-corrected chi connectivity index (χ0v) is 11.9. The molecule has 0 radical (unpaired) electrons. The summed E-state index contributed by atoms with van der Waals surface area (Å²) in [5, 5.41) is 8.83. The molecule has 0 unspecified atom stereocenters. The highest BCUT2D eigenvalue weighted by Gasteiger charge is 2.08. The summed E-state index contributed by atoms with van der Waals surface area (Å²) in [5.41, 5.74) is 0. The quantitative estimate of drug-likeness (QED) is 0.261. The molecule has 0 aromatic carbocycles. The summed E-state index contributed by atoms with van der Waals surface area (Å²) in [6, 6.07) is 0. The highest BCUT2D eigenvalue weighted by Crippen LogP contribution is 2.15. The lowest BCUT2D eigenvalue weighted by atomic mass is 10.0. The zero-order valence-electron chi connectivity index (χ0n) is 11.9. The van der Waals surface area contributed by atoms with E-state index >= 15 is 0 Å². The van der Waals surface area contributed by atoms with Crippen LogP contribution in [-0.4, -0.2) is 11.4 Å². The molecule has 0 aliphatic carbocycles. The van der Waals surface area contributed by atoms with Crippen LogP contribution in [0.5, 0.6) is 0 Å². The van der Waals surface area contributed by atoms with Crippen LogP contribution < -0.4 is 0 Å². The van der Waals surface area contributed by atoms with Crippen molar-refractivity contribution in [2.45, 2.75) is 97.0 Å². The van der Waals surface area contributed by atoms with Crippen LogP contribution in [0, 0.1) is 0 Å². The summed E-state index contributed by atoms with van der Waals surface area (Å²) >= 11 is 0. The first-order chi connectivity index (χ1) is 8.35. The van der Waals surface area contributed by atoms with E-state index < -0.39 is 0 Å². The van der Waals surface area contributed by atoms with Crippen molar-refractivity contribution in [2.75, 3.05) is 0 Å². The van der Waals surface area contributed by atoms with Crippen LogP contribution in [0.1, 0.15) is 90.9 Å². The fourth-order valence-electron chi connectivity index (χ4n) is 2.20. The molecule has 0 aliphatic heterocycles. The Hall–Kier alpha value is -0.0800. The molecule has 0 aromatic heterocycles. The first-order valence-electron chi connectivity index (χ1n) is 7.65. The molecule has 0 bridgehead atoms. The molecular formula is C15H32O2. The summed E-state index contributed by atoms with van der Waals surface area (Å²) in [6.07, 6.45) is 15.0. The smallest absolute Gasteiger partial charge is 0.0927 e. The first-order valence-corrected chi connectivity index (χ1v) is 7.65. The molecule has 2 nitrogen and oxygen atoms in total. The van der Waals surface area contributed by atoms with E-state index in [9.17, 15) is 0 Å². The second-order valence-corrected chi connectivity index (χ2v) is 5.13. The number of hydrogen-bond donors (Lipinski definition) is 1. The molecule has 0 fully saturated rings. The van der Waals surface area contributed by atoms with E-state index in [4.69, 9.17) is 5.26 Å². The average molecular weight is 244 g/mol. The SMILES string of the molecule is CCCCCCCC(CCCCCCC)OO. The van der Waals surface area contributed by atoms with Gasteiger partial charge in [-0.2, -0.15) is 0 Å². The van der Waals surface area contributed by atoms with Gasteiger partial charge in [-0.15, -0.1) is 0 Å². The molecule has 17 heavy (non-hydrogen) atoms. The van der Waals surface area contributed by atoms with Crippen molar-refractivity contribution in [1.29, 1.82) is 0 Å². The Morgan fingerprint density at radius 2 is 1.12 bits per heavy atom. The molecule has 0 spiro atoms. The van der Waals surface area contributed by atoms with Crippen LogP contribution in [0.2, 0.25) is 0 Å². The molecule has 0 rings (SSSR count). The molecule has 0 aromatic rings. The molecule has 0 atom stereocenters. The van der Waals surface area contributed by atoms with Crippen LogP contribution >= 0.6 is 0 Å². The van der Waals surface area contributed by atoms with Gasteiger partial charge in [-0.05, 0) is 12.8 Å². The van der Waals surface area contributed by atoms with E-state index in [0.717, 1.165) is 12.8 Å². The van der Waals surface area contributed by atoms with Crippen molar-refractivity contribution in [1.82, 2.24) is 0 Å². The van der Waals surface area contributed by atoms with E-state index in [1.54, 1.807) is 0 Å². The highest BCUT2D eigenvalue weighted by atomic mass is 17.1. The van der Waals surface area contributed by atoms with Gasteiger partial charge in [0.25, 0.3) is 0 Å². The molecule has 104 valence electrons. The second-order valence-electron chi connectivity index (χ2n) is 5.13. The van der Waals surface area contributed by atoms with Gasteiger partial charge in [0.2, 0.25) is 0 Å². The maximum Gasteiger partial charge on any atom is 0.0927 e. The maximum atomic E-state index is 8.83. The third-order valence-corrected chi connectivity index (χ3v) is 3.41. The molecule has 0 heterocycles. The standard InChI is InChI=1S/C15H32O2/c1-3-5-7-9-11-13-15(17-16)14-12-10-8-6-4-2/h15-16H,3-14H2,1-2H3. The van der Waals surface area contributed by atoms with Gasteiger partial charge in [-0.25, -0.2) is 4.89 Å². The maximum absolute atomic E-state index is 8.83. The summed E-state index contributed by atoms with van der Waals surface area (Å²) in [6.45, 7) is 4.46. The normalized spacial score (nSPS) is 11.3. The van der Waals surface area contributed by atoms with Crippen molar-refractivity contribution in [3.8, 4) is 0 Å². The Kier molecular flexibility index (Phi) is 13.9. The fraction of sp³-hybridized carbons (Fsp3) is 1.00. The van der Waals surface area contributed by atoms with Gasteiger partial charge in [-0.1, -0.05) is 78.1 Å². The summed E-state index contributed by atoms with van der Waals surface area (Å²) < 4.78 is 0. The van der Waals surface area contributed by atoms with Gasteiger partial charge in [0.15, 0.2) is 0 Å². The Labute approximate surface area is 108 Å². The Morgan fingerprint density at radius 3 is 1.47 bits per heavy atom. The lowest BCUT2D eigenvalue weighted by Crippen LogP contribution is -2.10. The van der Waals surface area contributed by atoms with Gasteiger partial charge in [0.05, 0.1) is 6.10 Å². The Bertz CT molecular complexity index is 123. The van der Waals surface area contributed by atoms with E-state index in [1.165, 1.54) is 64.2 Å². The minimum absolute atomic E-state index is 0.0817. The zero-order chi connectivity index (χ0) is 12.8. The fourth-order valence-corrected chi connectivity index (χ4v) is 2.20. The van der Waals surface area contributed by atoms with Crippen LogP contribution in [0.25, 0.3) is 0 Å². The number of unbranched alkanes of at least 4 members (excludes halogenated alkanes) is 8. The molecule has 0 amide bonds. The van der Waals surface area contributed by atoms with Crippen LogP contribution in [0.15, 0.2) is 0 Å². The lowest BCUT2D eigenvalue weighted by molar-refractivity contribution is -0.281. The topological polar surface area (TPSA) is 29.5 Å². The van der Waals surface area contributed by atoms with Gasteiger partial charge < -0.3 is 0 Å². The van der Waals surface area contributed by atoms with Crippen LogP contribution in [-0.2, 0) is 4.89 Å². The summed E-state index contributed by atoms with van der Waals surface area (Å²) in [4.78, 5) is 4.56. The van der Waals surface area contributed by atoms with Crippen LogP contribution in [0.3, 0.4) is 0 Å². The van der Waals surface area contributed by atoms with E-state index in [0.29, 0.717) is 0 Å². The molecule has 0 saturated heterocycles. The predicted octanol–water partition coefficient (Wildman–Crippen LogP) is 5.57. The molecular weight excluding hydrogens is 212 g/mol. The minimum Gasteiger partial charge on any atom is -0.252 e. The van der Waals surface area contributed by atoms with E-state index in [2.05, 4.69) is 18.7 Å². The summed E-state index contributed by atoms with van der Waals surface area (Å²) in [5.74, 6) is 0. The third kappa shape index (κ3) is 12.2. The van der Waals surface area contributed by atoms with Crippen molar-refractivity contribution < 1.29 is 10.1 Å². The number of rotatable bonds is 13. The average Bonchev–Trinajstić information content (AvgIpc) is 2.36. The Balaban J connectivity index is 3.30. The highest BCUT2D eigenvalue weighted by molar-refractivity contribution is 4.58. The van der Waals surface area contributed by atoms with Crippen LogP contribution in [0.4, 0.5) is 0 Å². The molecule has 2 heteroatoms. The molecule has 0 saturated carbocycles. The van der Waals surface area contributed by atoms with Crippen molar-refractivity contribution >= 4 is 0 Å². The minimum atomic E-state index is 0.0817. The lowest BCUT2D eigenvalue weighted by Gasteiger charge is -2.12. The Morgan fingerprint density at radius 1 is 0.706 bits per heavy atom. The molecule has 0 aliphatic rings. The monoisotopic (exact) mass is 244 g/mol. The first kappa shape index (κ1) is 16.9. The predicted molar refractivity (Wildman–Crippen MR) is 74.3 cm³/mol. The van der Waals surface area contributed by atoms with E-state index in [-0.39, 0.29) is 6.10 Å².